The van der Waals surface area contributed by atoms with Crippen LogP contribution >= 0.6 is 0 Å². The second-order valence-corrected chi connectivity index (χ2v) is 15.4. The van der Waals surface area contributed by atoms with Gasteiger partial charge in [-0.3, -0.25) is 0 Å². The van der Waals surface area contributed by atoms with Crippen molar-refractivity contribution in [2.75, 3.05) is 9.80 Å². The summed E-state index contributed by atoms with van der Waals surface area (Å²) in [6.45, 7) is 0. The van der Waals surface area contributed by atoms with E-state index in [1.165, 1.54) is 33.4 Å². The number of nitrogens with zero attached hydrogens (tertiary/aromatic N) is 2. The number of para-hydroxylation sites is 2. The number of anilines is 6. The highest BCUT2D eigenvalue weighted by Crippen LogP contribution is 2.47. The van der Waals surface area contributed by atoms with Crippen LogP contribution in [0.3, 0.4) is 0 Å². The van der Waals surface area contributed by atoms with Gasteiger partial charge in [-0.05, 0) is 105 Å². The quantitative estimate of drug-likeness (QED) is 0.129. The molecule has 0 atom stereocenters. The molecule has 0 N–H and O–H groups in total. The summed E-state index contributed by atoms with van der Waals surface area (Å²) in [5, 5.41) is 0. The Bertz CT molecular complexity index is 2820. The third-order valence-electron chi connectivity index (χ3n) is 11.5. The zero-order valence-electron chi connectivity index (χ0n) is 34.3. The first-order valence-electron chi connectivity index (χ1n) is 21.2. The molecule has 2 heteroatoms. The first kappa shape index (κ1) is 38.0. The van der Waals surface area contributed by atoms with Gasteiger partial charge in [-0.25, -0.2) is 0 Å². The molecule has 0 unspecified atom stereocenters. The third kappa shape index (κ3) is 7.93. The molecule has 0 saturated carbocycles. The number of hydrogen-bond donors (Lipinski definition) is 0. The van der Waals surface area contributed by atoms with Gasteiger partial charge in [0.25, 0.3) is 0 Å². The van der Waals surface area contributed by atoms with Crippen LogP contribution in [-0.2, 0) is 0 Å². The highest BCUT2D eigenvalue weighted by Gasteiger charge is 2.23. The molecule has 62 heavy (non-hydrogen) atoms. The van der Waals surface area contributed by atoms with E-state index >= 15 is 0 Å². The number of rotatable bonds is 11. The second kappa shape index (κ2) is 17.6. The molecule has 0 aromatic heterocycles. The average molecular weight is 793 g/mol. The maximum atomic E-state index is 2.41. The van der Waals surface area contributed by atoms with Gasteiger partial charge in [0.05, 0.1) is 11.4 Å². The lowest BCUT2D eigenvalue weighted by atomic mass is 9.97. The van der Waals surface area contributed by atoms with Crippen LogP contribution in [0.1, 0.15) is 0 Å². The van der Waals surface area contributed by atoms with Crippen molar-refractivity contribution >= 4 is 34.1 Å². The molecule has 0 fully saturated rings. The van der Waals surface area contributed by atoms with Gasteiger partial charge in [0.15, 0.2) is 0 Å². The molecule has 10 aromatic carbocycles. The maximum Gasteiger partial charge on any atom is 0.0540 e. The highest BCUT2D eigenvalue weighted by molar-refractivity contribution is 5.96. The van der Waals surface area contributed by atoms with Crippen LogP contribution in [0.15, 0.2) is 267 Å². The molecule has 10 aromatic rings. The lowest BCUT2D eigenvalue weighted by molar-refractivity contribution is 1.27. The van der Waals surface area contributed by atoms with Gasteiger partial charge < -0.3 is 9.80 Å². The Balaban J connectivity index is 1.15. The van der Waals surface area contributed by atoms with E-state index in [1.54, 1.807) is 0 Å². The van der Waals surface area contributed by atoms with Crippen molar-refractivity contribution in [1.82, 2.24) is 0 Å². The van der Waals surface area contributed by atoms with E-state index in [9.17, 15) is 0 Å². The van der Waals surface area contributed by atoms with Gasteiger partial charge in [0.1, 0.15) is 0 Å². The highest BCUT2D eigenvalue weighted by atomic mass is 15.2. The van der Waals surface area contributed by atoms with Gasteiger partial charge in [0, 0.05) is 33.9 Å². The lowest BCUT2D eigenvalue weighted by Crippen LogP contribution is -2.13. The van der Waals surface area contributed by atoms with Crippen molar-refractivity contribution < 1.29 is 0 Å². The second-order valence-electron chi connectivity index (χ2n) is 15.4. The summed E-state index contributed by atoms with van der Waals surface area (Å²) in [5.41, 5.74) is 18.1. The van der Waals surface area contributed by atoms with E-state index in [4.69, 9.17) is 0 Å². The Kier molecular flexibility index (Phi) is 10.8. The summed E-state index contributed by atoms with van der Waals surface area (Å²) < 4.78 is 0. The van der Waals surface area contributed by atoms with Crippen LogP contribution in [0.4, 0.5) is 34.1 Å². The predicted octanol–water partition coefficient (Wildman–Crippen LogP) is 17.0. The molecular formula is C60H44N2. The fraction of sp³-hybridized carbons (Fsp3) is 0. The summed E-state index contributed by atoms with van der Waals surface area (Å²) in [6.07, 6.45) is 0. The molecule has 0 heterocycles. The lowest BCUT2D eigenvalue weighted by Gasteiger charge is -2.31. The third-order valence-corrected chi connectivity index (χ3v) is 11.5. The van der Waals surface area contributed by atoms with E-state index in [1.807, 2.05) is 0 Å². The zero-order chi connectivity index (χ0) is 41.5. The molecular weight excluding hydrogens is 749 g/mol. The van der Waals surface area contributed by atoms with Crippen molar-refractivity contribution in [3.63, 3.8) is 0 Å². The van der Waals surface area contributed by atoms with Crippen molar-refractivity contribution in [2.24, 2.45) is 0 Å². The Morgan fingerprint density at radius 1 is 0.177 bits per heavy atom. The Hall–Kier alpha value is -8.20. The molecule has 0 amide bonds. The van der Waals surface area contributed by atoms with Gasteiger partial charge in [-0.1, -0.05) is 206 Å². The van der Waals surface area contributed by atoms with Crippen molar-refractivity contribution in [1.29, 1.82) is 0 Å². The van der Waals surface area contributed by atoms with Crippen LogP contribution in [0, 0.1) is 0 Å². The number of benzene rings is 10. The molecule has 10 rings (SSSR count). The SMILES string of the molecule is c1ccc(-c2ccc(N(c3cccc(-c4ccccc4)c3)c3ccccc3-c3ccccc3N(c3ccc(-c4ccccc4)cc3)c3cccc(-c4ccccc4)c3)cc2)cc1. The van der Waals surface area contributed by atoms with Crippen LogP contribution in [0.2, 0.25) is 0 Å². The minimum atomic E-state index is 1.07. The molecule has 0 spiro atoms. The largest absolute Gasteiger partial charge is 0.310 e. The van der Waals surface area contributed by atoms with Crippen molar-refractivity contribution in [2.45, 2.75) is 0 Å². The topological polar surface area (TPSA) is 6.48 Å². The normalized spacial score (nSPS) is 10.9. The molecule has 0 radical (unpaired) electrons. The molecule has 2 nitrogen and oxygen atoms in total. The summed E-state index contributed by atoms with van der Waals surface area (Å²) in [6, 6.07) is 95.7. The summed E-state index contributed by atoms with van der Waals surface area (Å²) in [7, 11) is 0. The summed E-state index contributed by atoms with van der Waals surface area (Å²) in [4.78, 5) is 4.81. The van der Waals surface area contributed by atoms with Crippen LogP contribution in [0.5, 0.6) is 0 Å². The minimum absolute atomic E-state index is 1.07. The monoisotopic (exact) mass is 792 g/mol. The Morgan fingerprint density at radius 3 is 0.806 bits per heavy atom. The first-order valence-corrected chi connectivity index (χ1v) is 21.2. The fourth-order valence-electron chi connectivity index (χ4n) is 8.42. The Morgan fingerprint density at radius 2 is 0.452 bits per heavy atom. The summed E-state index contributed by atoms with van der Waals surface area (Å²) >= 11 is 0. The average Bonchev–Trinajstić information content (AvgIpc) is 3.36. The van der Waals surface area contributed by atoms with E-state index in [-0.39, 0.29) is 0 Å². The van der Waals surface area contributed by atoms with Gasteiger partial charge in [-0.2, -0.15) is 0 Å². The van der Waals surface area contributed by atoms with Gasteiger partial charge in [0.2, 0.25) is 0 Å². The van der Waals surface area contributed by atoms with E-state index in [0.717, 1.165) is 56.4 Å². The molecule has 0 bridgehead atoms. The smallest absolute Gasteiger partial charge is 0.0540 e. The molecule has 0 aliphatic heterocycles. The fourth-order valence-corrected chi connectivity index (χ4v) is 8.42. The van der Waals surface area contributed by atoms with Crippen molar-refractivity contribution in [3.8, 4) is 55.6 Å². The molecule has 0 saturated heterocycles. The van der Waals surface area contributed by atoms with Crippen LogP contribution < -0.4 is 9.80 Å². The van der Waals surface area contributed by atoms with E-state index in [2.05, 4.69) is 277 Å². The zero-order valence-corrected chi connectivity index (χ0v) is 34.3. The van der Waals surface area contributed by atoms with Crippen LogP contribution in [-0.4, -0.2) is 0 Å². The van der Waals surface area contributed by atoms with Gasteiger partial charge in [-0.15, -0.1) is 0 Å². The van der Waals surface area contributed by atoms with E-state index in [0.29, 0.717) is 0 Å². The standard InChI is InChI=1S/C60H44N2/c1-5-19-45(20-6-1)49-35-39-53(40-36-49)61(55-29-17-27-51(43-55)47-23-9-3-10-24-47)59-33-15-13-31-57(59)58-32-14-16-34-60(58)62(54-41-37-50(38-42-54)46-21-7-2-8-22-46)56-30-18-28-52(44-56)48-25-11-4-12-26-48/h1-44H. The minimum Gasteiger partial charge on any atom is -0.310 e. The number of hydrogen-bond acceptors (Lipinski definition) is 2. The van der Waals surface area contributed by atoms with E-state index < -0.39 is 0 Å². The molecule has 294 valence electrons. The first-order chi connectivity index (χ1) is 30.8. The van der Waals surface area contributed by atoms with Crippen molar-refractivity contribution in [3.05, 3.63) is 267 Å². The Labute approximate surface area is 364 Å². The molecule has 0 aliphatic rings. The van der Waals surface area contributed by atoms with Crippen LogP contribution in [0.25, 0.3) is 55.6 Å². The maximum absolute atomic E-state index is 2.41. The van der Waals surface area contributed by atoms with Gasteiger partial charge >= 0.3 is 0 Å². The predicted molar refractivity (Wildman–Crippen MR) is 263 cm³/mol. The molecule has 0 aliphatic carbocycles. The summed E-state index contributed by atoms with van der Waals surface area (Å²) in [5.74, 6) is 0.